The molecule has 3 N–H and O–H groups in total. The largest absolute Gasteiger partial charge is 0.492 e. The molecular weight excluding hydrogens is 597 g/mol. The number of rotatable bonds is 11. The Labute approximate surface area is 258 Å². The van der Waals surface area contributed by atoms with Gasteiger partial charge < -0.3 is 20.5 Å². The maximum Gasteiger partial charge on any atom is 0.417 e. The fourth-order valence-electron chi connectivity index (χ4n) is 5.01. The number of halogens is 4. The van der Waals surface area contributed by atoms with E-state index in [-0.39, 0.29) is 23.8 Å². The number of pyridine rings is 1. The Bertz CT molecular complexity index is 1570. The van der Waals surface area contributed by atoms with Crippen LogP contribution < -0.4 is 15.4 Å². The van der Waals surface area contributed by atoms with Crippen molar-refractivity contribution >= 4 is 45.5 Å². The van der Waals surface area contributed by atoms with Crippen LogP contribution in [-0.2, 0) is 17.4 Å². The Kier molecular flexibility index (Phi) is 11.0. The summed E-state index contributed by atoms with van der Waals surface area (Å²) in [5.41, 5.74) is 1.11. The number of nitrogens with zero attached hydrogens (tertiary/aromatic N) is 4. The van der Waals surface area contributed by atoms with Crippen LogP contribution in [0, 0.1) is 11.3 Å². The van der Waals surface area contributed by atoms with Gasteiger partial charge in [0.1, 0.15) is 11.8 Å². The topological polar surface area (TPSA) is 114 Å². The van der Waals surface area contributed by atoms with Gasteiger partial charge in [-0.25, -0.2) is 0 Å². The van der Waals surface area contributed by atoms with E-state index in [0.717, 1.165) is 38.3 Å². The lowest BCUT2D eigenvalue weighted by Crippen LogP contribution is -2.47. The molecule has 1 saturated heterocycles. The molecule has 1 fully saturated rings. The van der Waals surface area contributed by atoms with Crippen molar-refractivity contribution in [2.45, 2.75) is 26.4 Å². The first-order chi connectivity index (χ1) is 21.1. The fourth-order valence-corrected chi connectivity index (χ4v) is 5.30. The molecule has 4 rings (SSSR count). The highest BCUT2D eigenvalue weighted by Crippen LogP contribution is 2.40. The molecule has 2 heterocycles. The summed E-state index contributed by atoms with van der Waals surface area (Å²) in [6.07, 6.45) is -0.963. The molecule has 1 amide bonds. The molecule has 234 valence electrons. The van der Waals surface area contributed by atoms with E-state index in [0.29, 0.717) is 59.8 Å². The number of anilines is 3. The summed E-state index contributed by atoms with van der Waals surface area (Å²) < 4.78 is 45.6. The molecule has 1 aromatic heterocycles. The SMILES string of the molecule is CCOc1cc2nc(CC)c(C#N)c(Nc3ccc(C(F)(F)F)c(Cl)c3)c2cc1NC(=O)/C=C/CN1CCN(CCO)CC1. The number of aliphatic hydroxyl groups is 1. The Morgan fingerprint density at radius 1 is 1.18 bits per heavy atom. The quantitative estimate of drug-likeness (QED) is 0.235. The van der Waals surface area contributed by atoms with Gasteiger partial charge in [0.05, 0.1) is 51.9 Å². The molecule has 0 radical (unpaired) electrons. The number of ether oxygens (including phenoxy) is 1. The summed E-state index contributed by atoms with van der Waals surface area (Å²) in [4.78, 5) is 22.0. The minimum atomic E-state index is -4.61. The van der Waals surface area contributed by atoms with E-state index >= 15 is 0 Å². The average molecular weight is 631 g/mol. The third-order valence-corrected chi connectivity index (χ3v) is 7.54. The van der Waals surface area contributed by atoms with Crippen LogP contribution in [-0.4, -0.2) is 78.3 Å². The number of carbonyl (C=O) groups is 1. The van der Waals surface area contributed by atoms with Crippen molar-refractivity contribution in [3.05, 3.63) is 64.3 Å². The molecule has 0 atom stereocenters. The van der Waals surface area contributed by atoms with Crippen molar-refractivity contribution in [3.8, 4) is 11.8 Å². The third kappa shape index (κ3) is 7.98. The highest BCUT2D eigenvalue weighted by atomic mass is 35.5. The highest BCUT2D eigenvalue weighted by Gasteiger charge is 2.33. The number of alkyl halides is 3. The van der Waals surface area contributed by atoms with Gasteiger partial charge in [0, 0.05) is 62.5 Å². The number of aliphatic hydroxyl groups excluding tert-OH is 1. The van der Waals surface area contributed by atoms with Crippen LogP contribution in [0.1, 0.15) is 30.7 Å². The lowest BCUT2D eigenvalue weighted by atomic mass is 10.0. The molecule has 9 nitrogen and oxygen atoms in total. The summed E-state index contributed by atoms with van der Waals surface area (Å²) in [7, 11) is 0. The number of β-amino-alcohol motifs (C(OH)–C–C–N with tert-alkyl or cyclic N) is 1. The fraction of sp³-hybridized carbons (Fsp3) is 0.387. The van der Waals surface area contributed by atoms with Gasteiger partial charge in [0.15, 0.2) is 0 Å². The van der Waals surface area contributed by atoms with Crippen LogP contribution in [0.15, 0.2) is 42.5 Å². The molecular formula is C31H34ClF3N6O3. The van der Waals surface area contributed by atoms with Gasteiger partial charge in [-0.1, -0.05) is 24.6 Å². The second kappa shape index (κ2) is 14.7. The number of aryl methyl sites for hydroxylation is 1. The first kappa shape index (κ1) is 33.0. The molecule has 0 aliphatic carbocycles. The van der Waals surface area contributed by atoms with E-state index in [4.69, 9.17) is 21.4 Å². The lowest BCUT2D eigenvalue weighted by Gasteiger charge is -2.33. The van der Waals surface area contributed by atoms with Gasteiger partial charge in [-0.3, -0.25) is 19.6 Å². The van der Waals surface area contributed by atoms with Crippen LogP contribution in [0.25, 0.3) is 10.9 Å². The summed E-state index contributed by atoms with van der Waals surface area (Å²) in [5, 5.41) is 25.1. The molecule has 1 aliphatic rings. The number of amides is 1. The zero-order valence-corrected chi connectivity index (χ0v) is 25.2. The van der Waals surface area contributed by atoms with Gasteiger partial charge in [-0.2, -0.15) is 18.4 Å². The lowest BCUT2D eigenvalue weighted by molar-refractivity contribution is -0.137. The Balaban J connectivity index is 1.64. The molecule has 2 aromatic carbocycles. The molecule has 3 aromatic rings. The number of piperazine rings is 1. The van der Waals surface area contributed by atoms with E-state index in [1.807, 2.05) is 6.92 Å². The van der Waals surface area contributed by atoms with Crippen molar-refractivity contribution < 1.29 is 27.8 Å². The van der Waals surface area contributed by atoms with Crippen molar-refractivity contribution in [1.29, 1.82) is 5.26 Å². The number of aromatic nitrogens is 1. The first-order valence-electron chi connectivity index (χ1n) is 14.3. The second-order valence-corrected chi connectivity index (χ2v) is 10.6. The molecule has 0 unspecified atom stereocenters. The highest BCUT2D eigenvalue weighted by molar-refractivity contribution is 6.31. The van der Waals surface area contributed by atoms with Gasteiger partial charge in [-0.15, -0.1) is 0 Å². The van der Waals surface area contributed by atoms with E-state index in [9.17, 15) is 23.2 Å². The maximum absolute atomic E-state index is 13.3. The van der Waals surface area contributed by atoms with Crippen molar-refractivity contribution in [1.82, 2.24) is 14.8 Å². The van der Waals surface area contributed by atoms with Crippen LogP contribution >= 0.6 is 11.6 Å². The Hall–Kier alpha value is -3.89. The summed E-state index contributed by atoms with van der Waals surface area (Å²) in [5.74, 6) is -0.00330. The van der Waals surface area contributed by atoms with Crippen molar-refractivity contribution in [2.24, 2.45) is 0 Å². The van der Waals surface area contributed by atoms with Crippen LogP contribution in [0.3, 0.4) is 0 Å². The zero-order valence-electron chi connectivity index (χ0n) is 24.5. The second-order valence-electron chi connectivity index (χ2n) is 10.1. The van der Waals surface area contributed by atoms with Gasteiger partial charge in [-0.05, 0) is 37.6 Å². The minimum absolute atomic E-state index is 0.132. The summed E-state index contributed by atoms with van der Waals surface area (Å²) in [6, 6.07) is 8.72. The maximum atomic E-state index is 13.3. The zero-order chi connectivity index (χ0) is 31.9. The molecule has 0 spiro atoms. The summed E-state index contributed by atoms with van der Waals surface area (Å²) in [6.45, 7) is 8.71. The molecule has 0 bridgehead atoms. The van der Waals surface area contributed by atoms with Gasteiger partial charge in [0.2, 0.25) is 5.91 Å². The third-order valence-electron chi connectivity index (χ3n) is 7.22. The smallest absolute Gasteiger partial charge is 0.417 e. The predicted molar refractivity (Wildman–Crippen MR) is 164 cm³/mol. The van der Waals surface area contributed by atoms with Crippen LogP contribution in [0.5, 0.6) is 5.75 Å². The van der Waals surface area contributed by atoms with Crippen molar-refractivity contribution in [2.75, 3.05) is 63.1 Å². The minimum Gasteiger partial charge on any atom is -0.492 e. The van der Waals surface area contributed by atoms with E-state index in [2.05, 4.69) is 31.5 Å². The van der Waals surface area contributed by atoms with Gasteiger partial charge in [0.25, 0.3) is 0 Å². The van der Waals surface area contributed by atoms with Crippen LogP contribution in [0.2, 0.25) is 5.02 Å². The standard InChI is InChI=1S/C31H34ClF3N6O3/c1-3-25-22(19-36)30(37-20-7-8-23(24(32)16-20)31(33,34)35)21-17-27(28(44-4-2)18-26(21)38-25)39-29(43)6-5-9-40-10-12-41(13-11-40)14-15-42/h5-8,16-18,42H,3-4,9-15H2,1-2H3,(H,37,38)(H,39,43)/b6-5+. The number of nitrogens with one attached hydrogen (secondary N) is 2. The number of hydrogen-bond donors (Lipinski definition) is 3. The monoisotopic (exact) mass is 630 g/mol. The average Bonchev–Trinajstić information content (AvgIpc) is 2.98. The Morgan fingerprint density at radius 2 is 1.91 bits per heavy atom. The van der Waals surface area contributed by atoms with E-state index in [1.54, 1.807) is 25.1 Å². The predicted octanol–water partition coefficient (Wildman–Crippen LogP) is 5.59. The van der Waals surface area contributed by atoms with E-state index < -0.39 is 16.8 Å². The molecule has 0 saturated carbocycles. The molecule has 13 heteroatoms. The normalized spacial score (nSPS) is 14.6. The summed E-state index contributed by atoms with van der Waals surface area (Å²) >= 11 is 5.96. The van der Waals surface area contributed by atoms with Crippen LogP contribution in [0.4, 0.5) is 30.2 Å². The number of benzene rings is 2. The Morgan fingerprint density at radius 3 is 2.52 bits per heavy atom. The number of carbonyl (C=O) groups excluding carboxylic acids is 1. The van der Waals surface area contributed by atoms with Crippen molar-refractivity contribution in [3.63, 3.8) is 0 Å². The molecule has 1 aliphatic heterocycles. The van der Waals surface area contributed by atoms with Gasteiger partial charge >= 0.3 is 6.18 Å². The number of fused-ring (bicyclic) bond motifs is 1. The van der Waals surface area contributed by atoms with E-state index in [1.165, 1.54) is 12.1 Å². The first-order valence-corrected chi connectivity index (χ1v) is 14.7. The number of hydrogen-bond acceptors (Lipinski definition) is 8. The molecule has 44 heavy (non-hydrogen) atoms. The number of nitriles is 1.